The summed E-state index contributed by atoms with van der Waals surface area (Å²) in [7, 11) is 0. The SMILES string of the molecule is CCC1(c2cccc(C(N)=O)c2)C2CN(CCC3Cc4ccccc4C3)CC21. The lowest BCUT2D eigenvalue weighted by Gasteiger charge is -2.27. The minimum absolute atomic E-state index is 0.269. The van der Waals surface area contributed by atoms with Gasteiger partial charge in [0.1, 0.15) is 0 Å². The normalized spacial score (nSPS) is 28.9. The number of nitrogens with two attached hydrogens (primary N) is 1. The largest absolute Gasteiger partial charge is 0.366 e. The first-order valence-electron chi connectivity index (χ1n) is 10.8. The summed E-state index contributed by atoms with van der Waals surface area (Å²) in [5, 5.41) is 0. The fourth-order valence-corrected chi connectivity index (χ4v) is 6.34. The maximum atomic E-state index is 11.6. The fourth-order valence-electron chi connectivity index (χ4n) is 6.34. The van der Waals surface area contributed by atoms with Crippen LogP contribution in [-0.2, 0) is 18.3 Å². The molecule has 28 heavy (non-hydrogen) atoms. The third kappa shape index (κ3) is 2.79. The second kappa shape index (κ2) is 6.73. The van der Waals surface area contributed by atoms with Crippen molar-refractivity contribution >= 4 is 5.91 Å². The number of carbonyl (C=O) groups is 1. The number of primary amides is 1. The molecule has 2 aliphatic carbocycles. The first-order chi connectivity index (χ1) is 13.6. The van der Waals surface area contributed by atoms with Crippen molar-refractivity contribution in [3.63, 3.8) is 0 Å². The van der Waals surface area contributed by atoms with Gasteiger partial charge in [0, 0.05) is 24.1 Å². The zero-order valence-electron chi connectivity index (χ0n) is 16.7. The van der Waals surface area contributed by atoms with Crippen molar-refractivity contribution in [2.75, 3.05) is 19.6 Å². The third-order valence-electron chi connectivity index (χ3n) is 7.87. The van der Waals surface area contributed by atoms with E-state index in [4.69, 9.17) is 5.73 Å². The van der Waals surface area contributed by atoms with Gasteiger partial charge in [-0.25, -0.2) is 0 Å². The lowest BCUT2D eigenvalue weighted by Crippen LogP contribution is -2.32. The maximum Gasteiger partial charge on any atom is 0.248 e. The van der Waals surface area contributed by atoms with Gasteiger partial charge in [-0.2, -0.15) is 0 Å². The summed E-state index contributed by atoms with van der Waals surface area (Å²) in [5.41, 5.74) is 10.9. The van der Waals surface area contributed by atoms with Gasteiger partial charge in [0.25, 0.3) is 0 Å². The second-order valence-electron chi connectivity index (χ2n) is 9.14. The maximum absolute atomic E-state index is 11.6. The monoisotopic (exact) mass is 374 g/mol. The van der Waals surface area contributed by atoms with Crippen molar-refractivity contribution in [1.29, 1.82) is 0 Å². The van der Waals surface area contributed by atoms with Crippen LogP contribution < -0.4 is 5.73 Å². The highest BCUT2D eigenvalue weighted by atomic mass is 16.1. The van der Waals surface area contributed by atoms with Crippen LogP contribution in [0.5, 0.6) is 0 Å². The summed E-state index contributed by atoms with van der Waals surface area (Å²) in [6, 6.07) is 17.0. The topological polar surface area (TPSA) is 46.3 Å². The second-order valence-corrected chi connectivity index (χ2v) is 9.14. The van der Waals surface area contributed by atoms with Crippen molar-refractivity contribution in [2.45, 2.75) is 38.0 Å². The van der Waals surface area contributed by atoms with E-state index in [1.54, 1.807) is 11.1 Å². The van der Waals surface area contributed by atoms with Gasteiger partial charge in [-0.3, -0.25) is 4.79 Å². The Bertz CT molecular complexity index is 868. The molecule has 0 spiro atoms. The number of carbonyl (C=O) groups excluding carboxylic acids is 1. The Balaban J connectivity index is 1.20. The number of fused-ring (bicyclic) bond motifs is 2. The molecule has 0 aromatic heterocycles. The van der Waals surface area contributed by atoms with Gasteiger partial charge in [-0.15, -0.1) is 0 Å². The van der Waals surface area contributed by atoms with Gasteiger partial charge in [0.05, 0.1) is 0 Å². The molecule has 0 bridgehead atoms. The van der Waals surface area contributed by atoms with Gasteiger partial charge in [-0.05, 0) is 78.8 Å². The third-order valence-corrected chi connectivity index (χ3v) is 7.87. The molecule has 1 aliphatic heterocycles. The van der Waals surface area contributed by atoms with E-state index in [-0.39, 0.29) is 11.3 Å². The summed E-state index contributed by atoms with van der Waals surface area (Å²) < 4.78 is 0. The van der Waals surface area contributed by atoms with Crippen LogP contribution in [-0.4, -0.2) is 30.4 Å². The number of likely N-dealkylation sites (tertiary alicyclic amines) is 1. The van der Waals surface area contributed by atoms with E-state index in [2.05, 4.69) is 42.2 Å². The quantitative estimate of drug-likeness (QED) is 0.836. The summed E-state index contributed by atoms with van der Waals surface area (Å²) in [4.78, 5) is 14.3. The molecule has 3 nitrogen and oxygen atoms in total. The molecule has 1 heterocycles. The Morgan fingerprint density at radius 3 is 2.36 bits per heavy atom. The Hall–Kier alpha value is -2.13. The Labute approximate surface area is 167 Å². The highest BCUT2D eigenvalue weighted by Crippen LogP contribution is 2.65. The van der Waals surface area contributed by atoms with Gasteiger partial charge >= 0.3 is 0 Å². The molecule has 3 heteroatoms. The predicted octanol–water partition coefficient (Wildman–Crippen LogP) is 3.80. The molecular formula is C25H30N2O. The first kappa shape index (κ1) is 17.9. The molecule has 3 aliphatic rings. The van der Waals surface area contributed by atoms with Crippen molar-refractivity contribution in [1.82, 2.24) is 4.90 Å². The molecule has 1 saturated heterocycles. The van der Waals surface area contributed by atoms with E-state index >= 15 is 0 Å². The van der Waals surface area contributed by atoms with Crippen LogP contribution in [0, 0.1) is 17.8 Å². The molecule has 2 atom stereocenters. The van der Waals surface area contributed by atoms with Crippen LogP contribution in [0.15, 0.2) is 48.5 Å². The van der Waals surface area contributed by atoms with Crippen molar-refractivity contribution < 1.29 is 4.79 Å². The predicted molar refractivity (Wildman–Crippen MR) is 112 cm³/mol. The summed E-state index contributed by atoms with van der Waals surface area (Å²) >= 11 is 0. The van der Waals surface area contributed by atoms with E-state index in [1.165, 1.54) is 44.5 Å². The molecule has 146 valence electrons. The van der Waals surface area contributed by atoms with E-state index in [9.17, 15) is 4.79 Å². The molecule has 1 amide bonds. The van der Waals surface area contributed by atoms with Crippen molar-refractivity contribution in [3.05, 3.63) is 70.8 Å². The zero-order valence-corrected chi connectivity index (χ0v) is 16.7. The number of benzene rings is 2. The molecular weight excluding hydrogens is 344 g/mol. The highest BCUT2D eigenvalue weighted by molar-refractivity contribution is 5.93. The molecule has 2 aromatic rings. The standard InChI is InChI=1S/C25H30N2O/c1-2-25(21-9-5-8-20(14-21)24(26)28)22-15-27(16-23(22)25)11-10-17-12-18-6-3-4-7-19(18)13-17/h3-9,14,17,22-23H,2,10-13,15-16H2,1H3,(H2,26,28). The number of amides is 1. The molecule has 5 rings (SSSR count). The average molecular weight is 375 g/mol. The van der Waals surface area contributed by atoms with Gasteiger partial charge in [-0.1, -0.05) is 43.3 Å². The number of hydrogen-bond acceptors (Lipinski definition) is 2. The molecule has 2 unspecified atom stereocenters. The van der Waals surface area contributed by atoms with Crippen molar-refractivity contribution in [2.24, 2.45) is 23.5 Å². The fraction of sp³-hybridized carbons (Fsp3) is 0.480. The number of rotatable bonds is 6. The minimum atomic E-state index is -0.321. The molecule has 2 N–H and O–H groups in total. The van der Waals surface area contributed by atoms with Crippen LogP contribution in [0.2, 0.25) is 0 Å². The summed E-state index contributed by atoms with van der Waals surface area (Å²) in [6.07, 6.45) is 4.98. The smallest absolute Gasteiger partial charge is 0.248 e. The molecule has 2 fully saturated rings. The Morgan fingerprint density at radius 1 is 1.07 bits per heavy atom. The number of hydrogen-bond donors (Lipinski definition) is 1. The van der Waals surface area contributed by atoms with E-state index in [0.29, 0.717) is 5.56 Å². The highest BCUT2D eigenvalue weighted by Gasteiger charge is 2.67. The number of nitrogens with zero attached hydrogens (tertiary/aromatic N) is 1. The Kier molecular flexibility index (Phi) is 4.31. The van der Waals surface area contributed by atoms with E-state index in [1.807, 2.05) is 18.2 Å². The van der Waals surface area contributed by atoms with Gasteiger partial charge in [0.15, 0.2) is 0 Å². The lowest BCUT2D eigenvalue weighted by atomic mass is 9.86. The van der Waals surface area contributed by atoms with Crippen LogP contribution >= 0.6 is 0 Å². The van der Waals surface area contributed by atoms with Crippen LogP contribution in [0.3, 0.4) is 0 Å². The first-order valence-corrected chi connectivity index (χ1v) is 10.8. The molecule has 1 saturated carbocycles. The summed E-state index contributed by atoms with van der Waals surface area (Å²) in [6.45, 7) is 5.94. The van der Waals surface area contributed by atoms with Crippen LogP contribution in [0.25, 0.3) is 0 Å². The Morgan fingerprint density at radius 2 is 1.75 bits per heavy atom. The van der Waals surface area contributed by atoms with E-state index < -0.39 is 0 Å². The van der Waals surface area contributed by atoms with Crippen LogP contribution in [0.4, 0.5) is 0 Å². The van der Waals surface area contributed by atoms with Crippen LogP contribution in [0.1, 0.15) is 46.8 Å². The van der Waals surface area contributed by atoms with Gasteiger partial charge in [0.2, 0.25) is 5.91 Å². The minimum Gasteiger partial charge on any atom is -0.366 e. The average Bonchev–Trinajstić information content (AvgIpc) is 3.05. The molecule has 0 radical (unpaired) electrons. The number of piperidine rings is 1. The zero-order chi connectivity index (χ0) is 19.3. The van der Waals surface area contributed by atoms with Gasteiger partial charge < -0.3 is 10.6 Å². The summed E-state index contributed by atoms with van der Waals surface area (Å²) in [5.74, 6) is 1.97. The van der Waals surface area contributed by atoms with Crippen molar-refractivity contribution in [3.8, 4) is 0 Å². The lowest BCUT2D eigenvalue weighted by molar-refractivity contribution is 0.1000. The molecule has 2 aromatic carbocycles. The van der Waals surface area contributed by atoms with E-state index in [0.717, 1.165) is 24.2 Å².